The fourth-order valence-corrected chi connectivity index (χ4v) is 3.28. The first-order valence-corrected chi connectivity index (χ1v) is 10.6. The van der Waals surface area contributed by atoms with Gasteiger partial charge in [0.25, 0.3) is 5.91 Å². The Bertz CT molecular complexity index is 887. The van der Waals surface area contributed by atoms with Gasteiger partial charge in [-0.15, -0.1) is 0 Å². The van der Waals surface area contributed by atoms with Crippen molar-refractivity contribution in [3.8, 4) is 5.75 Å². The number of carbonyl (C=O) groups is 2. The molecule has 1 fully saturated rings. The van der Waals surface area contributed by atoms with Crippen LogP contribution in [0.3, 0.4) is 0 Å². The molecule has 1 N–H and O–H groups in total. The van der Waals surface area contributed by atoms with Gasteiger partial charge in [-0.1, -0.05) is 11.6 Å². The highest BCUT2D eigenvalue weighted by molar-refractivity contribution is 6.30. The van der Waals surface area contributed by atoms with Crippen molar-refractivity contribution in [2.75, 3.05) is 43.0 Å². The number of ether oxygens (including phenoxy) is 2. The molecule has 3 rings (SSSR count). The zero-order valence-electron chi connectivity index (χ0n) is 18.1. The molecule has 0 bridgehead atoms. The first-order chi connectivity index (χ1) is 14.7. The number of nitrogens with zero attached hydrogens (tertiary/aromatic N) is 2. The molecule has 0 radical (unpaired) electrons. The van der Waals surface area contributed by atoms with Crippen LogP contribution in [0.4, 0.5) is 16.2 Å². The van der Waals surface area contributed by atoms with Gasteiger partial charge in [-0.05, 0) is 69.3 Å². The minimum atomic E-state index is -0.562. The molecule has 0 aromatic heterocycles. The number of benzene rings is 2. The number of nitrogens with one attached hydrogen (secondary N) is 1. The highest BCUT2D eigenvalue weighted by Gasteiger charge is 2.21. The minimum Gasteiger partial charge on any atom is -0.484 e. The van der Waals surface area contributed by atoms with E-state index in [1.807, 2.05) is 29.2 Å². The van der Waals surface area contributed by atoms with E-state index in [4.69, 9.17) is 21.1 Å². The largest absolute Gasteiger partial charge is 0.484 e. The summed E-state index contributed by atoms with van der Waals surface area (Å²) in [5.41, 5.74) is 1.13. The molecule has 0 saturated carbocycles. The van der Waals surface area contributed by atoms with E-state index in [1.165, 1.54) is 0 Å². The van der Waals surface area contributed by atoms with Crippen LogP contribution in [0.5, 0.6) is 5.75 Å². The lowest BCUT2D eigenvalue weighted by Gasteiger charge is -2.36. The highest BCUT2D eigenvalue weighted by atomic mass is 35.5. The normalized spacial score (nSPS) is 14.2. The SMILES string of the molecule is CC(C)(C)OC(=O)Nc1ccc(OCC(=O)N2CCN(c3ccc(Cl)cc3)CC2)cc1. The molecular weight excluding hydrogens is 418 g/mol. The molecule has 166 valence electrons. The Morgan fingerprint density at radius 2 is 1.58 bits per heavy atom. The van der Waals surface area contributed by atoms with Crippen LogP contribution < -0.4 is 15.0 Å². The van der Waals surface area contributed by atoms with Crippen LogP contribution in [0, 0.1) is 0 Å². The lowest BCUT2D eigenvalue weighted by atomic mass is 10.2. The first-order valence-electron chi connectivity index (χ1n) is 10.2. The summed E-state index contributed by atoms with van der Waals surface area (Å²) in [7, 11) is 0. The Hall–Kier alpha value is -2.93. The van der Waals surface area contributed by atoms with E-state index < -0.39 is 11.7 Å². The molecule has 8 heteroatoms. The van der Waals surface area contributed by atoms with Crippen LogP contribution in [0.2, 0.25) is 5.02 Å². The van der Waals surface area contributed by atoms with Crippen molar-refractivity contribution in [3.05, 3.63) is 53.6 Å². The maximum atomic E-state index is 12.5. The van der Waals surface area contributed by atoms with Crippen molar-refractivity contribution in [1.82, 2.24) is 4.90 Å². The topological polar surface area (TPSA) is 71.1 Å². The van der Waals surface area contributed by atoms with Crippen molar-refractivity contribution in [3.63, 3.8) is 0 Å². The summed E-state index contributed by atoms with van der Waals surface area (Å²) in [5.74, 6) is 0.509. The summed E-state index contributed by atoms with van der Waals surface area (Å²) in [4.78, 5) is 28.3. The Labute approximate surface area is 187 Å². The fourth-order valence-electron chi connectivity index (χ4n) is 3.16. The monoisotopic (exact) mass is 445 g/mol. The number of piperazine rings is 1. The van der Waals surface area contributed by atoms with Crippen molar-refractivity contribution >= 4 is 35.0 Å². The van der Waals surface area contributed by atoms with Gasteiger partial charge < -0.3 is 19.3 Å². The highest BCUT2D eigenvalue weighted by Crippen LogP contribution is 2.20. The Morgan fingerprint density at radius 1 is 0.968 bits per heavy atom. The molecule has 1 aliphatic rings. The minimum absolute atomic E-state index is 0.0280. The number of amides is 2. The van der Waals surface area contributed by atoms with E-state index in [2.05, 4.69) is 10.2 Å². The summed E-state index contributed by atoms with van der Waals surface area (Å²) >= 11 is 5.94. The number of hydrogen-bond donors (Lipinski definition) is 1. The zero-order valence-corrected chi connectivity index (χ0v) is 18.8. The van der Waals surface area contributed by atoms with Crippen LogP contribution in [-0.2, 0) is 9.53 Å². The van der Waals surface area contributed by atoms with Gasteiger partial charge in [0.05, 0.1) is 0 Å². The zero-order chi connectivity index (χ0) is 22.4. The molecule has 1 heterocycles. The van der Waals surface area contributed by atoms with Crippen LogP contribution >= 0.6 is 11.6 Å². The standard InChI is InChI=1S/C23H28ClN3O4/c1-23(2,3)31-22(29)25-18-6-10-20(11-7-18)30-16-21(28)27-14-12-26(13-15-27)19-8-4-17(24)5-9-19/h4-11H,12-16H2,1-3H3,(H,25,29). The molecule has 31 heavy (non-hydrogen) atoms. The molecular formula is C23H28ClN3O4. The molecule has 0 aliphatic carbocycles. The predicted molar refractivity (Wildman–Crippen MR) is 122 cm³/mol. The van der Waals surface area contributed by atoms with Gasteiger partial charge in [0.2, 0.25) is 0 Å². The van der Waals surface area contributed by atoms with Gasteiger partial charge in [0.1, 0.15) is 11.4 Å². The quantitative estimate of drug-likeness (QED) is 0.737. The lowest BCUT2D eigenvalue weighted by molar-refractivity contribution is -0.133. The Kier molecular flexibility index (Phi) is 7.28. The van der Waals surface area contributed by atoms with E-state index in [0.29, 0.717) is 29.5 Å². The molecule has 0 unspecified atom stereocenters. The second kappa shape index (κ2) is 9.92. The Balaban J connectivity index is 1.42. The van der Waals surface area contributed by atoms with Crippen LogP contribution in [0.15, 0.2) is 48.5 Å². The van der Waals surface area contributed by atoms with Crippen LogP contribution in [-0.4, -0.2) is 55.3 Å². The Morgan fingerprint density at radius 3 is 2.16 bits per heavy atom. The van der Waals surface area contributed by atoms with Gasteiger partial charge in [0, 0.05) is 42.6 Å². The van der Waals surface area contributed by atoms with Crippen molar-refractivity contribution in [2.45, 2.75) is 26.4 Å². The molecule has 0 spiro atoms. The van der Waals surface area contributed by atoms with Gasteiger partial charge in [0.15, 0.2) is 6.61 Å². The van der Waals surface area contributed by atoms with Crippen LogP contribution in [0.1, 0.15) is 20.8 Å². The second-order valence-electron chi connectivity index (χ2n) is 8.28. The maximum Gasteiger partial charge on any atom is 0.412 e. The summed E-state index contributed by atoms with van der Waals surface area (Å²) in [6.07, 6.45) is -0.519. The fraction of sp³-hybridized carbons (Fsp3) is 0.391. The number of halogens is 1. The molecule has 0 atom stereocenters. The van der Waals surface area contributed by atoms with Crippen molar-refractivity contribution < 1.29 is 19.1 Å². The summed E-state index contributed by atoms with van der Waals surface area (Å²) < 4.78 is 10.8. The third-order valence-electron chi connectivity index (χ3n) is 4.69. The summed E-state index contributed by atoms with van der Waals surface area (Å²) in [5, 5.41) is 3.37. The van der Waals surface area contributed by atoms with E-state index in [9.17, 15) is 9.59 Å². The van der Waals surface area contributed by atoms with E-state index in [0.717, 1.165) is 18.8 Å². The van der Waals surface area contributed by atoms with E-state index in [-0.39, 0.29) is 12.5 Å². The molecule has 1 aliphatic heterocycles. The summed E-state index contributed by atoms with van der Waals surface area (Å²) in [6, 6.07) is 14.5. The van der Waals surface area contributed by atoms with Gasteiger partial charge in [-0.3, -0.25) is 10.1 Å². The molecule has 2 aromatic carbocycles. The lowest BCUT2D eigenvalue weighted by Crippen LogP contribution is -2.50. The van der Waals surface area contributed by atoms with Crippen molar-refractivity contribution in [1.29, 1.82) is 0 Å². The number of hydrogen-bond acceptors (Lipinski definition) is 5. The first kappa shape index (κ1) is 22.7. The van der Waals surface area contributed by atoms with Gasteiger partial charge in [-0.2, -0.15) is 0 Å². The van der Waals surface area contributed by atoms with Gasteiger partial charge in [-0.25, -0.2) is 4.79 Å². The molecule has 2 aromatic rings. The number of anilines is 2. The van der Waals surface area contributed by atoms with Crippen LogP contribution in [0.25, 0.3) is 0 Å². The van der Waals surface area contributed by atoms with Crippen molar-refractivity contribution in [2.24, 2.45) is 0 Å². The predicted octanol–water partition coefficient (Wildman–Crippen LogP) is 4.41. The van der Waals surface area contributed by atoms with E-state index in [1.54, 1.807) is 45.0 Å². The third-order valence-corrected chi connectivity index (χ3v) is 4.94. The van der Waals surface area contributed by atoms with E-state index >= 15 is 0 Å². The average molecular weight is 446 g/mol. The molecule has 7 nitrogen and oxygen atoms in total. The second-order valence-corrected chi connectivity index (χ2v) is 8.72. The van der Waals surface area contributed by atoms with Gasteiger partial charge >= 0.3 is 6.09 Å². The summed E-state index contributed by atoms with van der Waals surface area (Å²) in [6.45, 7) is 8.19. The smallest absolute Gasteiger partial charge is 0.412 e. The third kappa shape index (κ3) is 7.07. The maximum absolute atomic E-state index is 12.5. The number of carbonyl (C=O) groups excluding carboxylic acids is 2. The molecule has 1 saturated heterocycles. The number of rotatable bonds is 5. The average Bonchev–Trinajstić information content (AvgIpc) is 2.72. The molecule has 2 amide bonds.